The van der Waals surface area contributed by atoms with Gasteiger partial charge in [0.25, 0.3) is 0 Å². The second-order valence-electron chi connectivity index (χ2n) is 13.0. The SMILES string of the molecule is Cc1cc(CC(O)Cn2c(=O)n(CC(O)Cc3cc(C)c(O)c(C)c3)c(=O)n(CC(O)Cc3cc(C)c(O)c(C)c3)c2=O)cc(C)c1O. The molecular weight excluding hydrogens is 618 g/mol. The lowest BCUT2D eigenvalue weighted by atomic mass is 10.0. The van der Waals surface area contributed by atoms with E-state index < -0.39 is 55.0 Å². The summed E-state index contributed by atoms with van der Waals surface area (Å²) in [6.45, 7) is 8.88. The van der Waals surface area contributed by atoms with Crippen LogP contribution in [0.25, 0.3) is 0 Å². The van der Waals surface area contributed by atoms with Gasteiger partial charge in [0.2, 0.25) is 0 Å². The Morgan fingerprint density at radius 1 is 0.438 bits per heavy atom. The third-order valence-electron chi connectivity index (χ3n) is 8.63. The van der Waals surface area contributed by atoms with E-state index in [0.717, 1.165) is 13.7 Å². The molecule has 0 saturated heterocycles. The lowest BCUT2D eigenvalue weighted by Crippen LogP contribution is -2.57. The van der Waals surface area contributed by atoms with Crippen LogP contribution >= 0.6 is 0 Å². The molecule has 0 bridgehead atoms. The van der Waals surface area contributed by atoms with Crippen molar-refractivity contribution < 1.29 is 30.6 Å². The number of benzene rings is 3. The highest BCUT2D eigenvalue weighted by atomic mass is 16.3. The van der Waals surface area contributed by atoms with E-state index in [2.05, 4.69) is 0 Å². The average Bonchev–Trinajstić information content (AvgIpc) is 2.99. The van der Waals surface area contributed by atoms with Gasteiger partial charge in [0.1, 0.15) is 17.2 Å². The number of aliphatic hydroxyl groups excluding tert-OH is 3. The fourth-order valence-electron chi connectivity index (χ4n) is 6.28. The smallest absolute Gasteiger partial charge is 0.336 e. The number of nitrogens with zero attached hydrogens (tertiary/aromatic N) is 3. The Hall–Kier alpha value is -4.65. The van der Waals surface area contributed by atoms with E-state index in [1.165, 1.54) is 0 Å². The molecule has 0 aliphatic heterocycles. The Bertz CT molecular complexity index is 1680. The Morgan fingerprint density at radius 3 is 0.812 bits per heavy atom. The molecule has 1 heterocycles. The van der Waals surface area contributed by atoms with E-state index in [1.54, 1.807) is 77.9 Å². The first-order valence-corrected chi connectivity index (χ1v) is 15.8. The van der Waals surface area contributed by atoms with Gasteiger partial charge in [-0.05, 0) is 91.6 Å². The number of phenolic OH excluding ortho intramolecular Hbond substituents is 3. The van der Waals surface area contributed by atoms with Crippen LogP contribution in [0.1, 0.15) is 50.1 Å². The van der Waals surface area contributed by atoms with Crippen LogP contribution in [0.15, 0.2) is 50.8 Å². The van der Waals surface area contributed by atoms with Gasteiger partial charge in [-0.25, -0.2) is 28.1 Å². The van der Waals surface area contributed by atoms with E-state index in [-0.39, 0.29) is 36.5 Å². The Labute approximate surface area is 278 Å². The quantitative estimate of drug-likeness (QED) is 0.132. The number of rotatable bonds is 12. The molecule has 0 aliphatic carbocycles. The molecule has 3 atom stereocenters. The van der Waals surface area contributed by atoms with Gasteiger partial charge >= 0.3 is 17.1 Å². The topological polar surface area (TPSA) is 187 Å². The highest BCUT2D eigenvalue weighted by molar-refractivity contribution is 5.44. The Morgan fingerprint density at radius 2 is 0.625 bits per heavy atom. The maximum absolute atomic E-state index is 13.7. The minimum atomic E-state index is -1.24. The van der Waals surface area contributed by atoms with Gasteiger partial charge in [-0.2, -0.15) is 0 Å². The summed E-state index contributed by atoms with van der Waals surface area (Å²) in [5, 5.41) is 63.4. The number of hydrogen-bond donors (Lipinski definition) is 6. The van der Waals surface area contributed by atoms with Crippen LogP contribution in [-0.4, -0.2) is 62.7 Å². The molecule has 4 aromatic rings. The zero-order valence-corrected chi connectivity index (χ0v) is 28.2. The maximum atomic E-state index is 13.7. The molecule has 0 fully saturated rings. The predicted octanol–water partition coefficient (Wildman–Crippen LogP) is 1.95. The third-order valence-corrected chi connectivity index (χ3v) is 8.63. The summed E-state index contributed by atoms with van der Waals surface area (Å²) in [5.74, 6) is 0.394. The molecule has 12 heteroatoms. The standard InChI is InChI=1S/C36H45N3O9/c1-19-7-25(8-20(2)31(19)43)13-28(40)16-37-34(46)38(17-29(41)14-26-9-21(3)32(44)22(4)10-26)36(48)39(35(37)47)18-30(42)15-27-11-23(5)33(45)24(6)12-27/h7-12,28-30,40-45H,13-18H2,1-6H3. The highest BCUT2D eigenvalue weighted by Crippen LogP contribution is 2.25. The lowest BCUT2D eigenvalue weighted by Gasteiger charge is -2.20. The van der Waals surface area contributed by atoms with Gasteiger partial charge in [0.05, 0.1) is 37.9 Å². The second kappa shape index (κ2) is 14.6. The predicted molar refractivity (Wildman–Crippen MR) is 181 cm³/mol. The molecule has 0 radical (unpaired) electrons. The zero-order chi connectivity index (χ0) is 35.6. The first-order chi connectivity index (χ1) is 22.5. The van der Waals surface area contributed by atoms with Crippen molar-refractivity contribution in [3.63, 3.8) is 0 Å². The summed E-state index contributed by atoms with van der Waals surface area (Å²) in [6.07, 6.45) is -3.59. The maximum Gasteiger partial charge on any atom is 0.336 e. The van der Waals surface area contributed by atoms with Crippen molar-refractivity contribution in [2.75, 3.05) is 0 Å². The van der Waals surface area contributed by atoms with Crippen LogP contribution in [0.5, 0.6) is 17.2 Å². The third kappa shape index (κ3) is 8.07. The van der Waals surface area contributed by atoms with E-state index in [0.29, 0.717) is 50.1 Å². The first-order valence-electron chi connectivity index (χ1n) is 15.8. The largest absolute Gasteiger partial charge is 0.507 e. The normalized spacial score (nSPS) is 13.4. The fourth-order valence-corrected chi connectivity index (χ4v) is 6.28. The Balaban J connectivity index is 1.70. The molecule has 3 aromatic carbocycles. The van der Waals surface area contributed by atoms with Crippen molar-refractivity contribution in [3.8, 4) is 17.2 Å². The molecular formula is C36H45N3O9. The highest BCUT2D eigenvalue weighted by Gasteiger charge is 2.23. The van der Waals surface area contributed by atoms with Crippen LogP contribution in [0.3, 0.4) is 0 Å². The van der Waals surface area contributed by atoms with Crippen LogP contribution in [0, 0.1) is 41.5 Å². The van der Waals surface area contributed by atoms with E-state index in [4.69, 9.17) is 0 Å². The molecule has 0 amide bonds. The minimum Gasteiger partial charge on any atom is -0.507 e. The van der Waals surface area contributed by atoms with Crippen molar-refractivity contribution >= 4 is 0 Å². The average molecular weight is 664 g/mol. The van der Waals surface area contributed by atoms with Gasteiger partial charge in [-0.3, -0.25) is 0 Å². The summed E-state index contributed by atoms with van der Waals surface area (Å²) in [4.78, 5) is 41.0. The van der Waals surface area contributed by atoms with Gasteiger partial charge in [0, 0.05) is 19.3 Å². The van der Waals surface area contributed by atoms with Crippen molar-refractivity contribution in [1.29, 1.82) is 0 Å². The van der Waals surface area contributed by atoms with Crippen LogP contribution < -0.4 is 17.1 Å². The molecule has 12 nitrogen and oxygen atoms in total. The molecule has 4 rings (SSSR count). The molecule has 48 heavy (non-hydrogen) atoms. The van der Waals surface area contributed by atoms with Crippen molar-refractivity contribution in [1.82, 2.24) is 13.7 Å². The number of hydrogen-bond acceptors (Lipinski definition) is 9. The summed E-state index contributed by atoms with van der Waals surface area (Å²) in [5.41, 5.74) is 2.57. The molecule has 258 valence electrons. The summed E-state index contributed by atoms with van der Waals surface area (Å²) in [7, 11) is 0. The monoisotopic (exact) mass is 663 g/mol. The first kappa shape index (κ1) is 36.2. The summed E-state index contributed by atoms with van der Waals surface area (Å²) in [6, 6.07) is 10.2. The Kier molecular flexibility index (Phi) is 11.0. The number of phenols is 3. The van der Waals surface area contributed by atoms with E-state index >= 15 is 0 Å². The molecule has 6 N–H and O–H groups in total. The molecule has 1 aromatic heterocycles. The lowest BCUT2D eigenvalue weighted by molar-refractivity contribution is 0.128. The van der Waals surface area contributed by atoms with E-state index in [9.17, 15) is 45.0 Å². The summed E-state index contributed by atoms with van der Waals surface area (Å²) < 4.78 is 2.19. The number of aromatic hydroxyl groups is 3. The molecule has 0 spiro atoms. The van der Waals surface area contributed by atoms with Crippen molar-refractivity contribution in [2.24, 2.45) is 0 Å². The van der Waals surface area contributed by atoms with Gasteiger partial charge in [0.15, 0.2) is 0 Å². The number of aliphatic hydroxyl groups is 3. The fraction of sp³-hybridized carbons (Fsp3) is 0.417. The van der Waals surface area contributed by atoms with Gasteiger partial charge in [-0.15, -0.1) is 0 Å². The molecule has 0 saturated carbocycles. The minimum absolute atomic E-state index is 0.0390. The van der Waals surface area contributed by atoms with Crippen molar-refractivity contribution in [3.05, 3.63) is 118 Å². The van der Waals surface area contributed by atoms with E-state index in [1.807, 2.05) is 0 Å². The van der Waals surface area contributed by atoms with Crippen molar-refractivity contribution in [2.45, 2.75) is 98.8 Å². The van der Waals surface area contributed by atoms with Crippen LogP contribution in [0.4, 0.5) is 0 Å². The van der Waals surface area contributed by atoms with Gasteiger partial charge in [-0.1, -0.05) is 36.4 Å². The molecule has 0 aliphatic rings. The zero-order valence-electron chi connectivity index (χ0n) is 28.2. The second-order valence-corrected chi connectivity index (χ2v) is 13.0. The van der Waals surface area contributed by atoms with Crippen LogP contribution in [0.2, 0.25) is 0 Å². The number of aryl methyl sites for hydroxylation is 6. The molecule has 3 unspecified atom stereocenters. The summed E-state index contributed by atoms with van der Waals surface area (Å²) >= 11 is 0. The van der Waals surface area contributed by atoms with Gasteiger partial charge < -0.3 is 30.6 Å². The number of aromatic nitrogens is 3. The van der Waals surface area contributed by atoms with Crippen LogP contribution in [-0.2, 0) is 38.9 Å².